The first kappa shape index (κ1) is 14.8. The lowest BCUT2D eigenvalue weighted by Crippen LogP contribution is -2.23. The third-order valence-corrected chi connectivity index (χ3v) is 2.48. The minimum absolute atomic E-state index is 0.0136. The van der Waals surface area contributed by atoms with Gasteiger partial charge in [-0.25, -0.2) is 0 Å². The van der Waals surface area contributed by atoms with Crippen molar-refractivity contribution < 1.29 is 9.47 Å². The lowest BCUT2D eigenvalue weighted by molar-refractivity contribution is 0.0943. The molecule has 1 aromatic rings. The Morgan fingerprint density at radius 3 is 1.61 bits per heavy atom. The zero-order chi connectivity index (χ0) is 13.4. The van der Waals surface area contributed by atoms with E-state index in [2.05, 4.69) is 10.6 Å². The molecule has 102 valence electrons. The molecule has 0 aliphatic rings. The van der Waals surface area contributed by atoms with Crippen LogP contribution in [0.15, 0.2) is 24.3 Å². The highest BCUT2D eigenvalue weighted by Crippen LogP contribution is 2.22. The van der Waals surface area contributed by atoms with E-state index < -0.39 is 0 Å². The summed E-state index contributed by atoms with van der Waals surface area (Å²) in [5.74, 6) is 0. The fourth-order valence-electron chi connectivity index (χ4n) is 1.76. The molecule has 0 aliphatic carbocycles. The van der Waals surface area contributed by atoms with Crippen LogP contribution in [0.4, 0.5) is 11.4 Å². The molecule has 0 bridgehead atoms. The van der Waals surface area contributed by atoms with Gasteiger partial charge in [0.25, 0.3) is 0 Å². The van der Waals surface area contributed by atoms with Crippen molar-refractivity contribution in [1.82, 2.24) is 0 Å². The molecule has 1 rings (SSSR count). The molecular weight excluding hydrogens is 228 g/mol. The summed E-state index contributed by atoms with van der Waals surface area (Å²) in [6.45, 7) is 9.34. The van der Waals surface area contributed by atoms with Gasteiger partial charge in [0.1, 0.15) is 12.5 Å². The molecule has 2 unspecified atom stereocenters. The Labute approximate surface area is 110 Å². The Hall–Kier alpha value is -1.26. The van der Waals surface area contributed by atoms with Crippen molar-refractivity contribution in [2.45, 2.75) is 40.2 Å². The second-order valence-electron chi connectivity index (χ2n) is 4.03. The predicted molar refractivity (Wildman–Crippen MR) is 75.9 cm³/mol. The Bertz CT molecular complexity index is 311. The maximum Gasteiger partial charge on any atom is 0.124 e. The van der Waals surface area contributed by atoms with Gasteiger partial charge in [-0.1, -0.05) is 12.1 Å². The second kappa shape index (κ2) is 7.95. The van der Waals surface area contributed by atoms with Crippen LogP contribution in [0.5, 0.6) is 0 Å². The van der Waals surface area contributed by atoms with Crippen molar-refractivity contribution in [1.29, 1.82) is 0 Å². The number of hydrogen-bond donors (Lipinski definition) is 2. The Balaban J connectivity index is 2.66. The average Bonchev–Trinajstić information content (AvgIpc) is 2.32. The summed E-state index contributed by atoms with van der Waals surface area (Å²) < 4.78 is 11.0. The standard InChI is InChI=1S/C14H24N2O2/c1-5-17-11(3)15-13-9-7-8-10-14(13)16-12(4)18-6-2/h7-12,15-16H,5-6H2,1-4H3. The largest absolute Gasteiger partial charge is 0.359 e. The van der Waals surface area contributed by atoms with Crippen LogP contribution in [0.25, 0.3) is 0 Å². The number of nitrogens with one attached hydrogen (secondary N) is 2. The third kappa shape index (κ3) is 4.94. The monoisotopic (exact) mass is 252 g/mol. The molecule has 1 aromatic carbocycles. The van der Waals surface area contributed by atoms with Crippen molar-refractivity contribution in [2.75, 3.05) is 23.8 Å². The Kier molecular flexibility index (Phi) is 6.54. The van der Waals surface area contributed by atoms with Gasteiger partial charge in [0.15, 0.2) is 0 Å². The third-order valence-electron chi connectivity index (χ3n) is 2.48. The van der Waals surface area contributed by atoms with E-state index in [0.29, 0.717) is 13.2 Å². The van der Waals surface area contributed by atoms with Gasteiger partial charge < -0.3 is 20.1 Å². The van der Waals surface area contributed by atoms with Gasteiger partial charge in [0.05, 0.1) is 11.4 Å². The fourth-order valence-corrected chi connectivity index (χ4v) is 1.76. The van der Waals surface area contributed by atoms with Crippen LogP contribution in [-0.4, -0.2) is 25.7 Å². The minimum atomic E-state index is -0.0136. The minimum Gasteiger partial charge on any atom is -0.359 e. The predicted octanol–water partition coefficient (Wildman–Crippen LogP) is 3.28. The summed E-state index contributed by atoms with van der Waals surface area (Å²) in [5, 5.41) is 6.64. The quantitative estimate of drug-likeness (QED) is 0.697. The lowest BCUT2D eigenvalue weighted by Gasteiger charge is -2.21. The smallest absolute Gasteiger partial charge is 0.124 e. The topological polar surface area (TPSA) is 42.5 Å². The maximum absolute atomic E-state index is 5.48. The number of hydrogen-bond acceptors (Lipinski definition) is 4. The number of ether oxygens (including phenoxy) is 2. The van der Waals surface area contributed by atoms with Crippen molar-refractivity contribution in [3.63, 3.8) is 0 Å². The van der Waals surface area contributed by atoms with Crippen molar-refractivity contribution in [3.8, 4) is 0 Å². The number of rotatable bonds is 8. The summed E-state index contributed by atoms with van der Waals surface area (Å²) in [5.41, 5.74) is 2.04. The highest BCUT2D eigenvalue weighted by atomic mass is 16.5. The zero-order valence-electron chi connectivity index (χ0n) is 11.7. The number of anilines is 2. The van der Waals surface area contributed by atoms with Crippen molar-refractivity contribution in [2.24, 2.45) is 0 Å². The van der Waals surface area contributed by atoms with Gasteiger partial charge in [-0.2, -0.15) is 0 Å². The molecule has 2 atom stereocenters. The lowest BCUT2D eigenvalue weighted by atomic mass is 10.2. The maximum atomic E-state index is 5.48. The van der Waals surface area contributed by atoms with Crippen LogP contribution in [0.3, 0.4) is 0 Å². The van der Waals surface area contributed by atoms with Crippen LogP contribution in [0.1, 0.15) is 27.7 Å². The van der Waals surface area contributed by atoms with E-state index in [1.165, 1.54) is 0 Å². The molecule has 18 heavy (non-hydrogen) atoms. The van der Waals surface area contributed by atoms with E-state index in [1.54, 1.807) is 0 Å². The number of benzene rings is 1. The van der Waals surface area contributed by atoms with Crippen LogP contribution >= 0.6 is 0 Å². The second-order valence-corrected chi connectivity index (χ2v) is 4.03. The van der Waals surface area contributed by atoms with E-state index in [9.17, 15) is 0 Å². The summed E-state index contributed by atoms with van der Waals surface area (Å²) in [4.78, 5) is 0. The average molecular weight is 252 g/mol. The molecule has 0 saturated heterocycles. The molecule has 2 N–H and O–H groups in total. The van der Waals surface area contributed by atoms with Crippen LogP contribution in [0.2, 0.25) is 0 Å². The SMILES string of the molecule is CCOC(C)Nc1ccccc1NC(C)OCC. The summed E-state index contributed by atoms with van der Waals surface area (Å²) in [7, 11) is 0. The molecule has 0 fully saturated rings. The van der Waals surface area contributed by atoms with Crippen molar-refractivity contribution >= 4 is 11.4 Å². The van der Waals surface area contributed by atoms with Gasteiger partial charge in [0.2, 0.25) is 0 Å². The molecule has 0 amide bonds. The van der Waals surface area contributed by atoms with Crippen molar-refractivity contribution in [3.05, 3.63) is 24.3 Å². The van der Waals surface area contributed by atoms with Crippen LogP contribution < -0.4 is 10.6 Å². The normalized spacial score (nSPS) is 14.0. The highest BCUT2D eigenvalue weighted by molar-refractivity contribution is 5.68. The summed E-state index contributed by atoms with van der Waals surface area (Å²) in [6, 6.07) is 8.04. The van der Waals surface area contributed by atoms with Gasteiger partial charge in [-0.05, 0) is 39.8 Å². The van der Waals surface area contributed by atoms with E-state index in [-0.39, 0.29) is 12.5 Å². The van der Waals surface area contributed by atoms with Gasteiger partial charge in [-0.15, -0.1) is 0 Å². The molecule has 0 heterocycles. The highest BCUT2D eigenvalue weighted by Gasteiger charge is 2.07. The molecule has 0 aliphatic heterocycles. The Morgan fingerprint density at radius 2 is 1.28 bits per heavy atom. The first-order valence-electron chi connectivity index (χ1n) is 6.52. The van der Waals surface area contributed by atoms with Gasteiger partial charge >= 0.3 is 0 Å². The molecule has 0 spiro atoms. The molecule has 0 radical (unpaired) electrons. The first-order chi connectivity index (χ1) is 8.67. The van der Waals surface area contributed by atoms with Crippen LogP contribution in [-0.2, 0) is 9.47 Å². The summed E-state index contributed by atoms with van der Waals surface area (Å²) >= 11 is 0. The molecule has 4 nitrogen and oxygen atoms in total. The first-order valence-corrected chi connectivity index (χ1v) is 6.52. The van der Waals surface area contributed by atoms with Crippen LogP contribution in [0, 0.1) is 0 Å². The molecule has 0 aromatic heterocycles. The Morgan fingerprint density at radius 1 is 0.889 bits per heavy atom. The molecule has 0 saturated carbocycles. The van der Waals surface area contributed by atoms with E-state index in [0.717, 1.165) is 11.4 Å². The fraction of sp³-hybridized carbons (Fsp3) is 0.571. The van der Waals surface area contributed by atoms with E-state index in [4.69, 9.17) is 9.47 Å². The summed E-state index contributed by atoms with van der Waals surface area (Å²) in [6.07, 6.45) is -0.0271. The molecule has 4 heteroatoms. The zero-order valence-corrected chi connectivity index (χ0v) is 11.7. The number of para-hydroxylation sites is 2. The molecular formula is C14H24N2O2. The van der Waals surface area contributed by atoms with Gasteiger partial charge in [-0.3, -0.25) is 0 Å². The van der Waals surface area contributed by atoms with Gasteiger partial charge in [0, 0.05) is 13.2 Å². The van der Waals surface area contributed by atoms with E-state index in [1.807, 2.05) is 52.0 Å². The van der Waals surface area contributed by atoms with E-state index >= 15 is 0 Å².